The number of hydrogen-bond donors (Lipinski definition) is 1. The number of hydrogen-bond acceptors (Lipinski definition) is 3. The molecule has 19 heavy (non-hydrogen) atoms. The molecular weight excluding hydrogens is 238 g/mol. The number of piperazine rings is 1. The molecule has 1 saturated heterocycles. The quantitative estimate of drug-likeness (QED) is 0.783. The van der Waals surface area contributed by atoms with Gasteiger partial charge in [0.2, 0.25) is 5.91 Å². The van der Waals surface area contributed by atoms with Crippen LogP contribution in [-0.2, 0) is 4.79 Å². The third-order valence-corrected chi connectivity index (χ3v) is 4.73. The van der Waals surface area contributed by atoms with E-state index in [0.717, 1.165) is 19.5 Å². The lowest BCUT2D eigenvalue weighted by Crippen LogP contribution is -2.58. The first-order chi connectivity index (χ1) is 9.22. The van der Waals surface area contributed by atoms with Crippen molar-refractivity contribution in [2.45, 2.75) is 57.0 Å². The summed E-state index contributed by atoms with van der Waals surface area (Å²) in [6, 6.07) is 1.04. The highest BCUT2D eigenvalue weighted by Gasteiger charge is 2.33. The molecule has 4 nitrogen and oxygen atoms in total. The van der Waals surface area contributed by atoms with Gasteiger partial charge in [-0.3, -0.25) is 9.69 Å². The number of carbonyl (C=O) groups excluding carboxylic acids is 1. The average molecular weight is 267 g/mol. The molecule has 1 N–H and O–H groups in total. The second kappa shape index (κ2) is 7.25. The van der Waals surface area contributed by atoms with Crippen LogP contribution in [0.5, 0.6) is 0 Å². The Morgan fingerprint density at radius 2 is 1.89 bits per heavy atom. The van der Waals surface area contributed by atoms with E-state index in [9.17, 15) is 4.79 Å². The summed E-state index contributed by atoms with van der Waals surface area (Å²) in [5, 5.41) is 3.22. The smallest absolute Gasteiger partial charge is 0.237 e. The SMILES string of the molecule is CNCCC1CN(C2CCCCCC2)C(=O)CN1C. The highest BCUT2D eigenvalue weighted by atomic mass is 16.2. The molecule has 1 unspecified atom stereocenters. The molecule has 0 bridgehead atoms. The topological polar surface area (TPSA) is 35.6 Å². The van der Waals surface area contributed by atoms with Gasteiger partial charge in [0.15, 0.2) is 0 Å². The minimum absolute atomic E-state index is 0.343. The van der Waals surface area contributed by atoms with Crippen molar-refractivity contribution in [3.05, 3.63) is 0 Å². The number of carbonyl (C=O) groups is 1. The Morgan fingerprint density at radius 1 is 1.21 bits per heavy atom. The van der Waals surface area contributed by atoms with Crippen LogP contribution in [0.25, 0.3) is 0 Å². The minimum Gasteiger partial charge on any atom is -0.337 e. The van der Waals surface area contributed by atoms with Gasteiger partial charge in [-0.25, -0.2) is 0 Å². The van der Waals surface area contributed by atoms with Gasteiger partial charge in [0, 0.05) is 18.6 Å². The van der Waals surface area contributed by atoms with Crippen LogP contribution in [0.1, 0.15) is 44.9 Å². The Labute approximate surface area is 117 Å². The number of nitrogens with zero attached hydrogens (tertiary/aromatic N) is 2. The lowest BCUT2D eigenvalue weighted by molar-refractivity contribution is -0.141. The summed E-state index contributed by atoms with van der Waals surface area (Å²) in [6.45, 7) is 2.56. The van der Waals surface area contributed by atoms with Crippen molar-refractivity contribution in [3.63, 3.8) is 0 Å². The van der Waals surface area contributed by atoms with Crippen molar-refractivity contribution in [2.75, 3.05) is 33.7 Å². The highest BCUT2D eigenvalue weighted by molar-refractivity contribution is 5.79. The van der Waals surface area contributed by atoms with Crippen LogP contribution in [0.4, 0.5) is 0 Å². The first-order valence-corrected chi connectivity index (χ1v) is 7.86. The second-order valence-electron chi connectivity index (χ2n) is 6.15. The number of amides is 1. The van der Waals surface area contributed by atoms with Crippen molar-refractivity contribution >= 4 is 5.91 Å². The normalized spacial score (nSPS) is 27.6. The van der Waals surface area contributed by atoms with E-state index in [2.05, 4.69) is 22.2 Å². The van der Waals surface area contributed by atoms with Gasteiger partial charge < -0.3 is 10.2 Å². The highest BCUT2D eigenvalue weighted by Crippen LogP contribution is 2.25. The van der Waals surface area contributed by atoms with Gasteiger partial charge in [-0.2, -0.15) is 0 Å². The first kappa shape index (κ1) is 14.8. The number of rotatable bonds is 4. The predicted molar refractivity (Wildman–Crippen MR) is 78.2 cm³/mol. The molecular formula is C15H29N3O. The van der Waals surface area contributed by atoms with E-state index in [1.807, 2.05) is 7.05 Å². The fraction of sp³-hybridized carbons (Fsp3) is 0.933. The van der Waals surface area contributed by atoms with Crippen molar-refractivity contribution < 1.29 is 4.79 Å². The zero-order valence-electron chi connectivity index (χ0n) is 12.5. The Morgan fingerprint density at radius 3 is 2.53 bits per heavy atom. The second-order valence-corrected chi connectivity index (χ2v) is 6.15. The van der Waals surface area contributed by atoms with Crippen LogP contribution < -0.4 is 5.32 Å². The van der Waals surface area contributed by atoms with Gasteiger partial charge in [-0.1, -0.05) is 25.7 Å². The largest absolute Gasteiger partial charge is 0.337 e. The first-order valence-electron chi connectivity index (χ1n) is 7.86. The lowest BCUT2D eigenvalue weighted by Gasteiger charge is -2.42. The predicted octanol–water partition coefficient (Wildman–Crippen LogP) is 1.46. The minimum atomic E-state index is 0.343. The van der Waals surface area contributed by atoms with Crippen molar-refractivity contribution in [2.24, 2.45) is 0 Å². The van der Waals surface area contributed by atoms with Crippen LogP contribution in [0.3, 0.4) is 0 Å². The van der Waals surface area contributed by atoms with E-state index in [-0.39, 0.29) is 0 Å². The summed E-state index contributed by atoms with van der Waals surface area (Å²) >= 11 is 0. The molecule has 2 fully saturated rings. The molecule has 1 atom stereocenters. The van der Waals surface area contributed by atoms with Gasteiger partial charge in [0.05, 0.1) is 6.54 Å². The Balaban J connectivity index is 1.95. The average Bonchev–Trinajstić information content (AvgIpc) is 2.66. The molecule has 2 rings (SSSR count). The Bertz CT molecular complexity index is 287. The monoisotopic (exact) mass is 267 g/mol. The molecule has 1 amide bonds. The zero-order valence-corrected chi connectivity index (χ0v) is 12.5. The summed E-state index contributed by atoms with van der Waals surface area (Å²) in [5.74, 6) is 0.343. The molecule has 0 radical (unpaired) electrons. The summed E-state index contributed by atoms with van der Waals surface area (Å²) in [7, 11) is 4.08. The van der Waals surface area contributed by atoms with Crippen LogP contribution in [0, 0.1) is 0 Å². The molecule has 1 aliphatic heterocycles. The van der Waals surface area contributed by atoms with E-state index in [4.69, 9.17) is 0 Å². The van der Waals surface area contributed by atoms with E-state index < -0.39 is 0 Å². The van der Waals surface area contributed by atoms with Gasteiger partial charge in [-0.15, -0.1) is 0 Å². The molecule has 0 aromatic rings. The molecule has 2 aliphatic rings. The third-order valence-electron chi connectivity index (χ3n) is 4.73. The maximum Gasteiger partial charge on any atom is 0.237 e. The maximum atomic E-state index is 12.3. The summed E-state index contributed by atoms with van der Waals surface area (Å²) in [6.07, 6.45) is 8.85. The molecule has 0 aromatic heterocycles. The third kappa shape index (κ3) is 3.93. The lowest BCUT2D eigenvalue weighted by atomic mass is 10.0. The fourth-order valence-corrected chi connectivity index (χ4v) is 3.45. The van der Waals surface area contributed by atoms with Crippen molar-refractivity contribution in [1.29, 1.82) is 0 Å². The molecule has 0 spiro atoms. The summed E-state index contributed by atoms with van der Waals surface area (Å²) in [5.41, 5.74) is 0. The molecule has 1 saturated carbocycles. The summed E-state index contributed by atoms with van der Waals surface area (Å²) < 4.78 is 0. The van der Waals surface area contributed by atoms with E-state index in [1.54, 1.807) is 0 Å². The van der Waals surface area contributed by atoms with E-state index in [0.29, 0.717) is 24.5 Å². The van der Waals surface area contributed by atoms with Gasteiger partial charge in [-0.05, 0) is 39.9 Å². The van der Waals surface area contributed by atoms with Crippen molar-refractivity contribution in [1.82, 2.24) is 15.1 Å². The fourth-order valence-electron chi connectivity index (χ4n) is 3.45. The zero-order chi connectivity index (χ0) is 13.7. The molecule has 0 aromatic carbocycles. The van der Waals surface area contributed by atoms with E-state index in [1.165, 1.54) is 38.5 Å². The molecule has 1 heterocycles. The standard InChI is InChI=1S/C15H29N3O/c1-16-10-9-14-11-18(15(19)12-17(14)2)13-7-5-3-4-6-8-13/h13-14,16H,3-12H2,1-2H3. The Hall–Kier alpha value is -0.610. The number of nitrogens with one attached hydrogen (secondary N) is 1. The van der Waals surface area contributed by atoms with Crippen LogP contribution in [-0.4, -0.2) is 61.5 Å². The number of likely N-dealkylation sites (N-methyl/N-ethyl adjacent to an activating group) is 1. The van der Waals surface area contributed by atoms with E-state index >= 15 is 0 Å². The molecule has 4 heteroatoms. The maximum absolute atomic E-state index is 12.3. The van der Waals surface area contributed by atoms with Gasteiger partial charge >= 0.3 is 0 Å². The molecule has 110 valence electrons. The van der Waals surface area contributed by atoms with Gasteiger partial charge in [0.1, 0.15) is 0 Å². The van der Waals surface area contributed by atoms with Crippen LogP contribution in [0.2, 0.25) is 0 Å². The van der Waals surface area contributed by atoms with Crippen molar-refractivity contribution in [3.8, 4) is 0 Å². The van der Waals surface area contributed by atoms with Gasteiger partial charge in [0.25, 0.3) is 0 Å². The Kier molecular flexibility index (Phi) is 5.64. The molecule has 1 aliphatic carbocycles. The van der Waals surface area contributed by atoms with Crippen LogP contribution >= 0.6 is 0 Å². The summed E-state index contributed by atoms with van der Waals surface area (Å²) in [4.78, 5) is 16.7. The van der Waals surface area contributed by atoms with Crippen LogP contribution in [0.15, 0.2) is 0 Å².